The Morgan fingerprint density at radius 2 is 2.58 bits per heavy atom. The molecular weight excluding hydrogens is 289 g/mol. The number of hydrogen-bond acceptors (Lipinski definition) is 4. The predicted octanol–water partition coefficient (Wildman–Crippen LogP) is 1.85. The van der Waals surface area contributed by atoms with Gasteiger partial charge in [0.25, 0.3) is 0 Å². The third-order valence-electron chi connectivity index (χ3n) is 1.15. The number of thiazole rings is 1. The molecule has 0 bridgehead atoms. The van der Waals surface area contributed by atoms with Gasteiger partial charge in [0.1, 0.15) is 0 Å². The number of carbonyl (C=O) groups excluding carboxylic acids is 1. The second-order valence-electron chi connectivity index (χ2n) is 2.07. The Kier molecular flexibility index (Phi) is 3.93. The van der Waals surface area contributed by atoms with Crippen molar-refractivity contribution in [2.24, 2.45) is 0 Å². The van der Waals surface area contributed by atoms with Gasteiger partial charge in [-0.3, -0.25) is 4.79 Å². The van der Waals surface area contributed by atoms with E-state index in [1.807, 2.05) is 5.38 Å². The zero-order chi connectivity index (χ0) is 8.97. The second kappa shape index (κ2) is 4.76. The normalized spacial score (nSPS) is 9.83. The zero-order valence-electron chi connectivity index (χ0n) is 6.54. The highest BCUT2D eigenvalue weighted by Gasteiger charge is 2.06. The van der Waals surface area contributed by atoms with Gasteiger partial charge < -0.3 is 4.74 Å². The maximum absolute atomic E-state index is 11.0. The number of nitrogens with zero attached hydrogens (tertiary/aromatic N) is 1. The molecule has 0 saturated heterocycles. The summed E-state index contributed by atoms with van der Waals surface area (Å²) in [5.74, 6) is -0.209. The van der Waals surface area contributed by atoms with Crippen LogP contribution in [0.3, 0.4) is 0 Å². The standard InChI is InChI=1S/C7H8INO2S/c1-2-11-6(10)3-5-4-12-7(8)9-5/h4H,2-3H2,1H3. The number of halogens is 1. The van der Waals surface area contributed by atoms with Crippen molar-refractivity contribution < 1.29 is 9.53 Å². The first-order valence-electron chi connectivity index (χ1n) is 3.48. The zero-order valence-corrected chi connectivity index (χ0v) is 9.52. The molecule has 1 heterocycles. The Morgan fingerprint density at radius 1 is 1.83 bits per heavy atom. The van der Waals surface area contributed by atoms with Crippen LogP contribution in [-0.2, 0) is 16.0 Å². The molecule has 0 aliphatic heterocycles. The molecule has 1 rings (SSSR count). The Hall–Kier alpha value is -0.170. The Labute approximate surface area is 88.3 Å². The van der Waals surface area contributed by atoms with Gasteiger partial charge in [-0.05, 0) is 29.5 Å². The molecule has 0 spiro atoms. The number of hydrogen-bond donors (Lipinski definition) is 0. The molecule has 3 nitrogen and oxygen atoms in total. The van der Waals surface area contributed by atoms with Crippen LogP contribution >= 0.6 is 33.9 Å². The molecule has 0 aliphatic carbocycles. The van der Waals surface area contributed by atoms with Gasteiger partial charge >= 0.3 is 5.97 Å². The van der Waals surface area contributed by atoms with E-state index in [0.29, 0.717) is 6.61 Å². The fourth-order valence-corrected chi connectivity index (χ4v) is 1.95. The summed E-state index contributed by atoms with van der Waals surface area (Å²) in [5.41, 5.74) is 0.794. The molecule has 0 unspecified atom stereocenters. The van der Waals surface area contributed by atoms with E-state index in [9.17, 15) is 4.79 Å². The fourth-order valence-electron chi connectivity index (χ4n) is 0.723. The summed E-state index contributed by atoms with van der Waals surface area (Å²) in [6.07, 6.45) is 0.285. The Morgan fingerprint density at radius 3 is 3.08 bits per heavy atom. The van der Waals surface area contributed by atoms with Crippen LogP contribution in [0.15, 0.2) is 5.38 Å². The summed E-state index contributed by atoms with van der Waals surface area (Å²) in [6.45, 7) is 2.22. The molecule has 0 aliphatic rings. The van der Waals surface area contributed by atoms with Gasteiger partial charge in [-0.1, -0.05) is 0 Å². The molecule has 1 aromatic heterocycles. The Balaban J connectivity index is 2.46. The van der Waals surface area contributed by atoms with E-state index >= 15 is 0 Å². The van der Waals surface area contributed by atoms with E-state index in [4.69, 9.17) is 4.74 Å². The molecular formula is C7H8INO2S. The van der Waals surface area contributed by atoms with Gasteiger partial charge in [-0.15, -0.1) is 11.3 Å². The molecule has 0 aromatic carbocycles. The van der Waals surface area contributed by atoms with Gasteiger partial charge in [0.05, 0.1) is 18.7 Å². The van der Waals surface area contributed by atoms with Gasteiger partial charge in [-0.25, -0.2) is 4.98 Å². The largest absolute Gasteiger partial charge is 0.466 e. The van der Waals surface area contributed by atoms with Gasteiger partial charge in [0.15, 0.2) is 3.01 Å². The van der Waals surface area contributed by atoms with Crippen molar-refractivity contribution in [1.29, 1.82) is 0 Å². The van der Waals surface area contributed by atoms with Crippen molar-refractivity contribution in [2.75, 3.05) is 6.61 Å². The van der Waals surface area contributed by atoms with Crippen LogP contribution in [-0.4, -0.2) is 17.6 Å². The SMILES string of the molecule is CCOC(=O)Cc1csc(I)n1. The van der Waals surface area contributed by atoms with E-state index in [1.54, 1.807) is 6.92 Å². The smallest absolute Gasteiger partial charge is 0.311 e. The quantitative estimate of drug-likeness (QED) is 0.631. The monoisotopic (exact) mass is 297 g/mol. The summed E-state index contributed by atoms with van der Waals surface area (Å²) in [6, 6.07) is 0. The van der Waals surface area contributed by atoms with Crippen LogP contribution < -0.4 is 0 Å². The highest BCUT2D eigenvalue weighted by atomic mass is 127. The summed E-state index contributed by atoms with van der Waals surface area (Å²) in [4.78, 5) is 15.1. The summed E-state index contributed by atoms with van der Waals surface area (Å²) in [5, 5.41) is 1.87. The molecule has 0 saturated carbocycles. The highest BCUT2D eigenvalue weighted by molar-refractivity contribution is 14.1. The molecule has 66 valence electrons. The summed E-state index contributed by atoms with van der Waals surface area (Å²) < 4.78 is 5.73. The first kappa shape index (κ1) is 9.91. The molecule has 0 N–H and O–H groups in total. The van der Waals surface area contributed by atoms with Crippen molar-refractivity contribution in [2.45, 2.75) is 13.3 Å². The average Bonchev–Trinajstić information content (AvgIpc) is 2.36. The van der Waals surface area contributed by atoms with E-state index in [-0.39, 0.29) is 12.4 Å². The van der Waals surface area contributed by atoms with Crippen LogP contribution in [0.2, 0.25) is 0 Å². The predicted molar refractivity (Wildman–Crippen MR) is 55.2 cm³/mol. The summed E-state index contributed by atoms with van der Waals surface area (Å²) in [7, 11) is 0. The number of esters is 1. The maximum Gasteiger partial charge on any atom is 0.311 e. The molecule has 0 atom stereocenters. The molecule has 1 aromatic rings. The van der Waals surface area contributed by atoms with Crippen LogP contribution in [0.4, 0.5) is 0 Å². The van der Waals surface area contributed by atoms with Crippen molar-refractivity contribution in [3.8, 4) is 0 Å². The highest BCUT2D eigenvalue weighted by Crippen LogP contribution is 2.12. The number of ether oxygens (including phenoxy) is 1. The van der Waals surface area contributed by atoms with Crippen molar-refractivity contribution in [3.63, 3.8) is 0 Å². The first-order valence-corrected chi connectivity index (χ1v) is 5.43. The second-order valence-corrected chi connectivity index (χ2v) is 4.69. The minimum atomic E-state index is -0.209. The van der Waals surface area contributed by atoms with E-state index in [2.05, 4.69) is 27.6 Å². The summed E-state index contributed by atoms with van der Waals surface area (Å²) >= 11 is 3.66. The van der Waals surface area contributed by atoms with Crippen LogP contribution in [0.1, 0.15) is 12.6 Å². The minimum absolute atomic E-state index is 0.209. The lowest BCUT2D eigenvalue weighted by atomic mass is 10.3. The van der Waals surface area contributed by atoms with Crippen molar-refractivity contribution >= 4 is 39.9 Å². The lowest BCUT2D eigenvalue weighted by Gasteiger charge is -1.97. The number of aromatic nitrogens is 1. The van der Waals surface area contributed by atoms with Gasteiger partial charge in [0.2, 0.25) is 0 Å². The molecule has 0 fully saturated rings. The minimum Gasteiger partial charge on any atom is -0.466 e. The van der Waals surface area contributed by atoms with Crippen LogP contribution in [0.25, 0.3) is 0 Å². The average molecular weight is 297 g/mol. The molecule has 5 heteroatoms. The third-order valence-corrected chi connectivity index (χ3v) is 2.83. The van der Waals surface area contributed by atoms with Crippen LogP contribution in [0, 0.1) is 3.01 Å². The fraction of sp³-hybridized carbons (Fsp3) is 0.429. The van der Waals surface area contributed by atoms with E-state index in [0.717, 1.165) is 8.71 Å². The van der Waals surface area contributed by atoms with E-state index in [1.165, 1.54) is 11.3 Å². The van der Waals surface area contributed by atoms with E-state index < -0.39 is 0 Å². The third kappa shape index (κ3) is 3.06. The number of carbonyl (C=O) groups is 1. The molecule has 0 radical (unpaired) electrons. The van der Waals surface area contributed by atoms with Crippen molar-refractivity contribution in [1.82, 2.24) is 4.98 Å². The van der Waals surface area contributed by atoms with Crippen molar-refractivity contribution in [3.05, 3.63) is 14.1 Å². The molecule has 0 amide bonds. The van der Waals surface area contributed by atoms with Gasteiger partial charge in [-0.2, -0.15) is 0 Å². The topological polar surface area (TPSA) is 39.2 Å². The van der Waals surface area contributed by atoms with Gasteiger partial charge in [0, 0.05) is 5.38 Å². The lowest BCUT2D eigenvalue weighted by molar-refractivity contribution is -0.142. The molecule has 12 heavy (non-hydrogen) atoms. The van der Waals surface area contributed by atoms with Crippen LogP contribution in [0.5, 0.6) is 0 Å². The number of rotatable bonds is 3. The Bertz CT molecular complexity index is 274. The first-order chi connectivity index (χ1) is 5.72. The lowest BCUT2D eigenvalue weighted by Crippen LogP contribution is -2.07. The maximum atomic E-state index is 11.0.